The molecular formula is C23H22Cl2N4O3. The van der Waals surface area contributed by atoms with Crippen LogP contribution in [0.4, 0.5) is 11.5 Å². The van der Waals surface area contributed by atoms with Crippen molar-refractivity contribution >= 4 is 57.6 Å². The number of nitrogens with zero attached hydrogens (tertiary/aromatic N) is 2. The van der Waals surface area contributed by atoms with Crippen molar-refractivity contribution in [1.82, 2.24) is 10.3 Å². The van der Waals surface area contributed by atoms with E-state index in [1.54, 1.807) is 24.3 Å². The number of halogens is 2. The molecule has 4 aromatic rings. The van der Waals surface area contributed by atoms with E-state index in [1.165, 1.54) is 0 Å². The number of aromatic nitrogens is 1. The number of piperazine rings is 1. The van der Waals surface area contributed by atoms with Gasteiger partial charge in [-0.2, -0.15) is 0 Å². The van der Waals surface area contributed by atoms with Crippen LogP contribution in [-0.2, 0) is 0 Å². The zero-order chi connectivity index (χ0) is 21.5. The van der Waals surface area contributed by atoms with Crippen molar-refractivity contribution in [1.29, 1.82) is 0 Å². The summed E-state index contributed by atoms with van der Waals surface area (Å²) in [6.07, 6.45) is 0. The van der Waals surface area contributed by atoms with Crippen molar-refractivity contribution in [3.63, 3.8) is 0 Å². The van der Waals surface area contributed by atoms with Crippen LogP contribution in [0, 0.1) is 0 Å². The minimum absolute atomic E-state index is 0. The first-order valence-electron chi connectivity index (χ1n) is 10.1. The molecule has 0 aliphatic carbocycles. The lowest BCUT2D eigenvalue weighted by molar-refractivity contribution is 0.479. The molecule has 1 saturated heterocycles. The van der Waals surface area contributed by atoms with Crippen LogP contribution in [0.15, 0.2) is 57.7 Å². The lowest BCUT2D eigenvalue weighted by Gasteiger charge is -2.33. The minimum atomic E-state index is -0.324. The fourth-order valence-corrected chi connectivity index (χ4v) is 4.13. The SMILES string of the molecule is C[C@H]1CN(c2ccc(Oc3cc4oc5cccc(Cl)c5c(=O)c4nc3N)cc2)CCN1.Cl. The maximum atomic E-state index is 12.8. The highest BCUT2D eigenvalue weighted by Gasteiger charge is 2.17. The number of benzene rings is 2. The predicted molar refractivity (Wildman–Crippen MR) is 131 cm³/mol. The molecule has 1 aliphatic rings. The molecule has 2 aromatic heterocycles. The molecule has 32 heavy (non-hydrogen) atoms. The molecule has 166 valence electrons. The average molecular weight is 473 g/mol. The lowest BCUT2D eigenvalue weighted by Crippen LogP contribution is -2.49. The molecule has 0 unspecified atom stereocenters. The Morgan fingerprint density at radius 1 is 1.22 bits per heavy atom. The summed E-state index contributed by atoms with van der Waals surface area (Å²) in [5, 5.41) is 4.04. The van der Waals surface area contributed by atoms with Crippen LogP contribution >= 0.6 is 24.0 Å². The molecule has 7 nitrogen and oxygen atoms in total. The quantitative estimate of drug-likeness (QED) is 0.421. The summed E-state index contributed by atoms with van der Waals surface area (Å²) in [6.45, 7) is 5.06. The van der Waals surface area contributed by atoms with Gasteiger partial charge in [0.1, 0.15) is 11.3 Å². The van der Waals surface area contributed by atoms with Crippen LogP contribution in [0.25, 0.3) is 22.1 Å². The molecule has 1 atom stereocenters. The van der Waals surface area contributed by atoms with Crippen LogP contribution in [0.2, 0.25) is 5.02 Å². The van der Waals surface area contributed by atoms with E-state index in [2.05, 4.69) is 22.1 Å². The van der Waals surface area contributed by atoms with Crippen molar-refractivity contribution in [3.05, 3.63) is 63.8 Å². The molecule has 0 bridgehead atoms. The molecule has 3 N–H and O–H groups in total. The van der Waals surface area contributed by atoms with E-state index in [0.717, 1.165) is 25.3 Å². The molecule has 0 amide bonds. The third-order valence-electron chi connectivity index (χ3n) is 5.42. The summed E-state index contributed by atoms with van der Waals surface area (Å²) < 4.78 is 11.8. The van der Waals surface area contributed by atoms with Gasteiger partial charge in [-0.15, -0.1) is 12.4 Å². The van der Waals surface area contributed by atoms with Crippen molar-refractivity contribution in [2.24, 2.45) is 0 Å². The normalized spacial score (nSPS) is 16.2. The number of ether oxygens (including phenoxy) is 1. The van der Waals surface area contributed by atoms with Gasteiger partial charge in [0.2, 0.25) is 5.43 Å². The first-order valence-corrected chi connectivity index (χ1v) is 10.5. The van der Waals surface area contributed by atoms with E-state index in [9.17, 15) is 4.79 Å². The zero-order valence-corrected chi connectivity index (χ0v) is 18.9. The Balaban J connectivity index is 0.00000245. The largest absolute Gasteiger partial charge is 0.454 e. The van der Waals surface area contributed by atoms with Gasteiger partial charge in [0.15, 0.2) is 22.7 Å². The number of hydrogen-bond donors (Lipinski definition) is 2. The Hall–Kier alpha value is -3.00. The van der Waals surface area contributed by atoms with E-state index in [0.29, 0.717) is 28.1 Å². The highest BCUT2D eigenvalue weighted by Crippen LogP contribution is 2.32. The first-order chi connectivity index (χ1) is 15.0. The highest BCUT2D eigenvalue weighted by atomic mass is 35.5. The molecule has 0 radical (unpaired) electrons. The van der Waals surface area contributed by atoms with Crippen molar-refractivity contribution < 1.29 is 9.15 Å². The van der Waals surface area contributed by atoms with E-state index < -0.39 is 0 Å². The molecule has 2 aromatic carbocycles. The van der Waals surface area contributed by atoms with Crippen molar-refractivity contribution in [3.8, 4) is 11.5 Å². The van der Waals surface area contributed by atoms with Crippen LogP contribution in [-0.4, -0.2) is 30.7 Å². The van der Waals surface area contributed by atoms with Gasteiger partial charge in [-0.3, -0.25) is 4.79 Å². The van der Waals surface area contributed by atoms with Crippen LogP contribution in [0.5, 0.6) is 11.5 Å². The van der Waals surface area contributed by atoms with Crippen LogP contribution < -0.4 is 26.1 Å². The van der Waals surface area contributed by atoms with Crippen molar-refractivity contribution in [2.45, 2.75) is 13.0 Å². The Labute approximate surface area is 195 Å². The first kappa shape index (κ1) is 22.2. The van der Waals surface area contributed by atoms with E-state index in [-0.39, 0.29) is 40.1 Å². The molecule has 1 fully saturated rings. The number of nitrogens with two attached hydrogens (primary N) is 1. The van der Waals surface area contributed by atoms with Gasteiger partial charge in [-0.1, -0.05) is 17.7 Å². The number of hydrogen-bond acceptors (Lipinski definition) is 7. The molecule has 5 rings (SSSR count). The number of fused-ring (bicyclic) bond motifs is 2. The molecular weight excluding hydrogens is 451 g/mol. The van der Waals surface area contributed by atoms with Crippen molar-refractivity contribution in [2.75, 3.05) is 30.3 Å². The number of anilines is 2. The predicted octanol–water partition coefficient (Wildman–Crippen LogP) is 4.59. The van der Waals surface area contributed by atoms with E-state index >= 15 is 0 Å². The number of nitrogen functional groups attached to an aromatic ring is 1. The second kappa shape index (κ2) is 8.86. The monoisotopic (exact) mass is 472 g/mol. The van der Waals surface area contributed by atoms with Gasteiger partial charge in [-0.05, 0) is 43.3 Å². The summed E-state index contributed by atoms with van der Waals surface area (Å²) in [5.74, 6) is 1.04. The van der Waals surface area contributed by atoms with Gasteiger partial charge in [0.05, 0.1) is 10.4 Å². The van der Waals surface area contributed by atoms with Gasteiger partial charge < -0.3 is 25.1 Å². The standard InChI is InChI=1S/C23H21ClN4O3.ClH/c1-13-12-28(10-9-26-13)14-5-7-15(8-6-14)30-19-11-18-21(27-23(19)25)22(29)20-16(24)3-2-4-17(20)31-18;/h2-8,11,13,26H,9-10,12H2,1H3,(H2,25,27);1H/t13-;/m0./s1. The van der Waals surface area contributed by atoms with Gasteiger partial charge >= 0.3 is 0 Å². The summed E-state index contributed by atoms with van der Waals surface area (Å²) in [4.78, 5) is 19.4. The molecule has 0 saturated carbocycles. The molecule has 0 spiro atoms. The van der Waals surface area contributed by atoms with Gasteiger partial charge in [0.25, 0.3) is 0 Å². The van der Waals surface area contributed by atoms with Gasteiger partial charge in [-0.25, -0.2) is 4.98 Å². The van der Waals surface area contributed by atoms with Gasteiger partial charge in [0, 0.05) is 37.4 Å². The number of nitrogens with one attached hydrogen (secondary N) is 1. The summed E-state index contributed by atoms with van der Waals surface area (Å²) in [6, 6.07) is 14.9. The molecule has 9 heteroatoms. The Bertz CT molecular complexity index is 1340. The number of rotatable bonds is 3. The maximum absolute atomic E-state index is 12.8. The third kappa shape index (κ3) is 4.07. The molecule has 3 heterocycles. The van der Waals surface area contributed by atoms with E-state index in [1.807, 2.05) is 24.3 Å². The second-order valence-electron chi connectivity index (χ2n) is 7.66. The maximum Gasteiger partial charge on any atom is 0.220 e. The fourth-order valence-electron chi connectivity index (χ4n) is 3.88. The average Bonchev–Trinajstić information content (AvgIpc) is 2.76. The van der Waals surface area contributed by atoms with E-state index in [4.69, 9.17) is 26.5 Å². The number of pyridine rings is 1. The summed E-state index contributed by atoms with van der Waals surface area (Å²) >= 11 is 6.17. The topological polar surface area (TPSA) is 93.6 Å². The zero-order valence-electron chi connectivity index (χ0n) is 17.3. The highest BCUT2D eigenvalue weighted by molar-refractivity contribution is 6.35. The van der Waals surface area contributed by atoms with Crippen LogP contribution in [0.1, 0.15) is 6.92 Å². The summed E-state index contributed by atoms with van der Waals surface area (Å²) in [7, 11) is 0. The fraction of sp³-hybridized carbons (Fsp3) is 0.217. The third-order valence-corrected chi connectivity index (χ3v) is 5.73. The second-order valence-corrected chi connectivity index (χ2v) is 8.07. The molecule has 1 aliphatic heterocycles. The Morgan fingerprint density at radius 3 is 2.75 bits per heavy atom. The Kier molecular flexibility index (Phi) is 6.15. The smallest absolute Gasteiger partial charge is 0.220 e. The lowest BCUT2D eigenvalue weighted by atomic mass is 10.2. The Morgan fingerprint density at radius 2 is 2.00 bits per heavy atom. The minimum Gasteiger partial charge on any atom is -0.454 e. The van der Waals surface area contributed by atoms with Crippen LogP contribution in [0.3, 0.4) is 0 Å². The summed E-state index contributed by atoms with van der Waals surface area (Å²) in [5.41, 5.74) is 7.69.